The van der Waals surface area contributed by atoms with Crippen molar-refractivity contribution in [3.05, 3.63) is 27.4 Å². The molecule has 1 aromatic rings. The SMILES string of the molecule is CC1NCc2nc(C3CCN(C)C3)[nH]c(=O)c21. The van der Waals surface area contributed by atoms with E-state index in [4.69, 9.17) is 0 Å². The fourth-order valence-corrected chi connectivity index (χ4v) is 2.83. The van der Waals surface area contributed by atoms with E-state index in [1.807, 2.05) is 6.92 Å². The zero-order valence-corrected chi connectivity index (χ0v) is 10.3. The fraction of sp³-hybridized carbons (Fsp3) is 0.667. The molecular formula is C12H18N4O. The molecule has 0 aromatic carbocycles. The van der Waals surface area contributed by atoms with Gasteiger partial charge in [-0.3, -0.25) is 4.79 Å². The Morgan fingerprint density at radius 2 is 2.29 bits per heavy atom. The van der Waals surface area contributed by atoms with E-state index in [1.54, 1.807) is 0 Å². The van der Waals surface area contributed by atoms with Gasteiger partial charge in [0, 0.05) is 25.0 Å². The van der Waals surface area contributed by atoms with Gasteiger partial charge in [0.05, 0.1) is 11.3 Å². The second-order valence-corrected chi connectivity index (χ2v) is 5.16. The van der Waals surface area contributed by atoms with Gasteiger partial charge in [0.25, 0.3) is 5.56 Å². The van der Waals surface area contributed by atoms with E-state index in [2.05, 4.69) is 27.2 Å². The highest BCUT2D eigenvalue weighted by molar-refractivity contribution is 5.26. The van der Waals surface area contributed by atoms with Crippen LogP contribution in [0.1, 0.15) is 42.4 Å². The highest BCUT2D eigenvalue weighted by Crippen LogP contribution is 2.25. The molecule has 92 valence electrons. The standard InChI is InChI=1S/C12H18N4O/c1-7-10-9(5-13-7)14-11(15-12(10)17)8-3-4-16(2)6-8/h7-8,13H,3-6H2,1-2H3,(H,14,15,17). The second kappa shape index (κ2) is 3.92. The van der Waals surface area contributed by atoms with Crippen molar-refractivity contribution < 1.29 is 0 Å². The monoisotopic (exact) mass is 234 g/mol. The summed E-state index contributed by atoms with van der Waals surface area (Å²) in [5.41, 5.74) is 1.79. The third-order valence-electron chi connectivity index (χ3n) is 3.84. The van der Waals surface area contributed by atoms with Crippen molar-refractivity contribution in [2.24, 2.45) is 0 Å². The molecule has 2 atom stereocenters. The zero-order valence-electron chi connectivity index (χ0n) is 10.3. The molecule has 0 radical (unpaired) electrons. The number of hydrogen-bond acceptors (Lipinski definition) is 4. The van der Waals surface area contributed by atoms with E-state index < -0.39 is 0 Å². The lowest BCUT2D eigenvalue weighted by Gasteiger charge is -2.11. The third-order valence-corrected chi connectivity index (χ3v) is 3.84. The van der Waals surface area contributed by atoms with Crippen LogP contribution in [0.4, 0.5) is 0 Å². The summed E-state index contributed by atoms with van der Waals surface area (Å²) in [7, 11) is 2.11. The highest BCUT2D eigenvalue weighted by atomic mass is 16.1. The Morgan fingerprint density at radius 3 is 3.00 bits per heavy atom. The molecule has 5 nitrogen and oxygen atoms in total. The highest BCUT2D eigenvalue weighted by Gasteiger charge is 2.28. The molecule has 3 rings (SSSR count). The molecule has 2 aliphatic heterocycles. The third kappa shape index (κ3) is 1.79. The van der Waals surface area contributed by atoms with Crippen LogP contribution in [0, 0.1) is 0 Å². The summed E-state index contributed by atoms with van der Waals surface area (Å²) < 4.78 is 0. The molecule has 0 bridgehead atoms. The van der Waals surface area contributed by atoms with Gasteiger partial charge in [-0.2, -0.15) is 0 Å². The molecule has 0 spiro atoms. The lowest BCUT2D eigenvalue weighted by atomic mass is 10.1. The Bertz CT molecular complexity index is 496. The van der Waals surface area contributed by atoms with E-state index in [-0.39, 0.29) is 11.6 Å². The molecule has 0 amide bonds. The van der Waals surface area contributed by atoms with E-state index in [0.717, 1.165) is 43.1 Å². The Balaban J connectivity index is 1.98. The number of likely N-dealkylation sites (tertiary alicyclic amines) is 1. The molecule has 3 heterocycles. The number of nitrogens with one attached hydrogen (secondary N) is 2. The topological polar surface area (TPSA) is 61.0 Å². The van der Waals surface area contributed by atoms with Crippen molar-refractivity contribution >= 4 is 0 Å². The molecule has 2 aliphatic rings. The van der Waals surface area contributed by atoms with Crippen LogP contribution in [0.3, 0.4) is 0 Å². The van der Waals surface area contributed by atoms with Crippen LogP contribution in [0.15, 0.2) is 4.79 Å². The molecule has 1 saturated heterocycles. The van der Waals surface area contributed by atoms with Gasteiger partial charge >= 0.3 is 0 Å². The maximum absolute atomic E-state index is 12.0. The Kier molecular flexibility index (Phi) is 2.52. The maximum atomic E-state index is 12.0. The molecule has 1 fully saturated rings. The number of fused-ring (bicyclic) bond motifs is 1. The summed E-state index contributed by atoms with van der Waals surface area (Å²) in [6.07, 6.45) is 1.08. The second-order valence-electron chi connectivity index (χ2n) is 5.16. The minimum atomic E-state index is 0.0389. The summed E-state index contributed by atoms with van der Waals surface area (Å²) in [5.74, 6) is 1.25. The normalized spacial score (nSPS) is 28.6. The number of likely N-dealkylation sites (N-methyl/N-ethyl adjacent to an activating group) is 1. The number of aromatic nitrogens is 2. The van der Waals surface area contributed by atoms with Crippen molar-refractivity contribution in [3.63, 3.8) is 0 Å². The first-order valence-corrected chi connectivity index (χ1v) is 6.20. The van der Waals surface area contributed by atoms with Gasteiger partial charge in [-0.15, -0.1) is 0 Å². The summed E-state index contributed by atoms with van der Waals surface area (Å²) >= 11 is 0. The Morgan fingerprint density at radius 1 is 1.47 bits per heavy atom. The van der Waals surface area contributed by atoms with Gasteiger partial charge in [0.2, 0.25) is 0 Å². The number of hydrogen-bond donors (Lipinski definition) is 2. The average Bonchev–Trinajstić information content (AvgIpc) is 2.86. The molecule has 0 aliphatic carbocycles. The minimum Gasteiger partial charge on any atom is -0.310 e. The van der Waals surface area contributed by atoms with E-state index >= 15 is 0 Å². The number of aromatic amines is 1. The fourth-order valence-electron chi connectivity index (χ4n) is 2.83. The Labute approximate surface area is 100 Å². The smallest absolute Gasteiger partial charge is 0.255 e. The Hall–Kier alpha value is -1.20. The largest absolute Gasteiger partial charge is 0.310 e. The van der Waals surface area contributed by atoms with Gasteiger partial charge in [-0.1, -0.05) is 0 Å². The van der Waals surface area contributed by atoms with Gasteiger partial charge in [-0.25, -0.2) is 4.98 Å². The van der Waals surface area contributed by atoms with Crippen LogP contribution >= 0.6 is 0 Å². The first-order chi connectivity index (χ1) is 8.15. The summed E-state index contributed by atoms with van der Waals surface area (Å²) in [5, 5.41) is 3.26. The van der Waals surface area contributed by atoms with Crippen molar-refractivity contribution in [2.45, 2.75) is 31.8 Å². The van der Waals surface area contributed by atoms with Gasteiger partial charge in [0.1, 0.15) is 5.82 Å². The zero-order chi connectivity index (χ0) is 12.0. The van der Waals surface area contributed by atoms with Crippen LogP contribution in [-0.2, 0) is 6.54 Å². The molecule has 17 heavy (non-hydrogen) atoms. The predicted molar refractivity (Wildman–Crippen MR) is 65.0 cm³/mol. The van der Waals surface area contributed by atoms with Crippen molar-refractivity contribution in [3.8, 4) is 0 Å². The first kappa shape index (κ1) is 10.9. The van der Waals surface area contributed by atoms with Crippen LogP contribution in [0.5, 0.6) is 0 Å². The van der Waals surface area contributed by atoms with Crippen molar-refractivity contribution in [1.82, 2.24) is 20.2 Å². The summed E-state index contributed by atoms with van der Waals surface area (Å²) in [4.78, 5) is 21.9. The minimum absolute atomic E-state index is 0.0389. The predicted octanol–water partition coefficient (Wildman–Crippen LogP) is 0.353. The quantitative estimate of drug-likeness (QED) is 0.736. The van der Waals surface area contributed by atoms with E-state index in [0.29, 0.717) is 5.92 Å². The number of rotatable bonds is 1. The van der Waals surface area contributed by atoms with E-state index in [1.165, 1.54) is 0 Å². The summed E-state index contributed by atoms with van der Waals surface area (Å²) in [6.45, 7) is 4.80. The lowest BCUT2D eigenvalue weighted by Crippen LogP contribution is -2.22. The van der Waals surface area contributed by atoms with Gasteiger partial charge in [0.15, 0.2) is 0 Å². The number of H-pyrrole nitrogens is 1. The van der Waals surface area contributed by atoms with Crippen molar-refractivity contribution in [1.29, 1.82) is 0 Å². The maximum Gasteiger partial charge on any atom is 0.255 e. The van der Waals surface area contributed by atoms with Gasteiger partial charge in [-0.05, 0) is 26.9 Å². The molecule has 5 heteroatoms. The van der Waals surface area contributed by atoms with Gasteiger partial charge < -0.3 is 15.2 Å². The molecule has 2 N–H and O–H groups in total. The van der Waals surface area contributed by atoms with Crippen LogP contribution < -0.4 is 10.9 Å². The van der Waals surface area contributed by atoms with E-state index in [9.17, 15) is 4.79 Å². The summed E-state index contributed by atoms with van der Waals surface area (Å²) in [6, 6.07) is 0.126. The van der Waals surface area contributed by atoms with Crippen molar-refractivity contribution in [2.75, 3.05) is 20.1 Å². The molecule has 1 aromatic heterocycles. The molecule has 0 saturated carbocycles. The van der Waals surface area contributed by atoms with Crippen LogP contribution in [0.2, 0.25) is 0 Å². The molecular weight excluding hydrogens is 216 g/mol. The average molecular weight is 234 g/mol. The first-order valence-electron chi connectivity index (χ1n) is 6.20. The number of nitrogens with zero attached hydrogens (tertiary/aromatic N) is 2. The van der Waals surface area contributed by atoms with Crippen LogP contribution in [-0.4, -0.2) is 35.0 Å². The molecule has 2 unspecified atom stereocenters. The lowest BCUT2D eigenvalue weighted by molar-refractivity contribution is 0.409. The van der Waals surface area contributed by atoms with Crippen LogP contribution in [0.25, 0.3) is 0 Å².